The first-order valence-corrected chi connectivity index (χ1v) is 5.29. The Kier molecular flexibility index (Phi) is 4.45. The van der Waals surface area contributed by atoms with Crippen molar-refractivity contribution >= 4 is 5.91 Å². The zero-order valence-corrected chi connectivity index (χ0v) is 10.2. The molecule has 5 heteroatoms. The van der Waals surface area contributed by atoms with E-state index in [0.29, 0.717) is 5.56 Å². The van der Waals surface area contributed by atoms with Gasteiger partial charge in [-0.15, -0.1) is 0 Å². The molecule has 1 rings (SSSR count). The Balaban J connectivity index is 2.70. The van der Waals surface area contributed by atoms with E-state index >= 15 is 0 Å². The number of hydrogen-bond donors (Lipinski definition) is 1. The Bertz CT molecular complexity index is 405. The number of amides is 1. The molecule has 0 aliphatic heterocycles. The Labute approximate surface area is 100 Å². The zero-order chi connectivity index (χ0) is 13.0. The number of benzene rings is 1. The third-order valence-corrected chi connectivity index (χ3v) is 2.33. The molecule has 0 radical (unpaired) electrons. The number of ether oxygens (including phenoxy) is 1. The lowest BCUT2D eigenvalue weighted by atomic mass is 10.1. The maximum absolute atomic E-state index is 13.6. The molecule has 1 atom stereocenters. The Morgan fingerprint density at radius 2 is 2.18 bits per heavy atom. The van der Waals surface area contributed by atoms with Gasteiger partial charge >= 0.3 is 0 Å². The molecule has 4 nitrogen and oxygen atoms in total. The molecule has 0 saturated heterocycles. The molecule has 2 N–H and O–H groups in total. The van der Waals surface area contributed by atoms with Crippen molar-refractivity contribution in [2.24, 2.45) is 5.73 Å². The van der Waals surface area contributed by atoms with Crippen LogP contribution >= 0.6 is 0 Å². The molecule has 0 aliphatic rings. The van der Waals surface area contributed by atoms with E-state index in [0.717, 1.165) is 0 Å². The van der Waals surface area contributed by atoms with E-state index in [-0.39, 0.29) is 24.3 Å². The van der Waals surface area contributed by atoms with Crippen LogP contribution < -0.4 is 10.5 Å². The molecule has 0 spiro atoms. The van der Waals surface area contributed by atoms with Gasteiger partial charge in [-0.25, -0.2) is 4.39 Å². The highest BCUT2D eigenvalue weighted by atomic mass is 19.1. The summed E-state index contributed by atoms with van der Waals surface area (Å²) in [6.45, 7) is 1.59. The summed E-state index contributed by atoms with van der Waals surface area (Å²) in [5, 5.41) is 0. The van der Waals surface area contributed by atoms with Crippen LogP contribution in [0, 0.1) is 5.82 Å². The summed E-state index contributed by atoms with van der Waals surface area (Å²) in [4.78, 5) is 12.6. The van der Waals surface area contributed by atoms with Crippen molar-refractivity contribution in [3.05, 3.63) is 29.6 Å². The molecule has 0 aromatic heterocycles. The lowest BCUT2D eigenvalue weighted by Gasteiger charge is -2.13. The first kappa shape index (κ1) is 13.4. The predicted molar refractivity (Wildman–Crippen MR) is 63.2 cm³/mol. The van der Waals surface area contributed by atoms with Gasteiger partial charge in [-0.3, -0.25) is 4.79 Å². The standard InChI is InChI=1S/C12H17FN2O2/c1-8(14)9-4-5-11(10(13)6-9)17-7-12(16)15(2)3/h4-6,8H,7,14H2,1-3H3/t8-/m1/s1. The minimum absolute atomic E-state index is 0.0598. The van der Waals surface area contributed by atoms with Crippen molar-refractivity contribution in [2.75, 3.05) is 20.7 Å². The predicted octanol–water partition coefficient (Wildman–Crippen LogP) is 1.31. The second-order valence-electron chi connectivity index (χ2n) is 4.06. The minimum Gasteiger partial charge on any atom is -0.481 e. The Morgan fingerprint density at radius 1 is 1.53 bits per heavy atom. The summed E-state index contributed by atoms with van der Waals surface area (Å²) in [6, 6.07) is 4.25. The van der Waals surface area contributed by atoms with Crippen LogP contribution in [-0.4, -0.2) is 31.5 Å². The number of rotatable bonds is 4. The molecule has 94 valence electrons. The van der Waals surface area contributed by atoms with Gasteiger partial charge in [0.15, 0.2) is 18.2 Å². The average Bonchev–Trinajstić information content (AvgIpc) is 2.26. The van der Waals surface area contributed by atoms with Crippen LogP contribution in [0.1, 0.15) is 18.5 Å². The van der Waals surface area contributed by atoms with E-state index in [1.54, 1.807) is 27.1 Å². The van der Waals surface area contributed by atoms with Crippen molar-refractivity contribution in [3.8, 4) is 5.75 Å². The molecule has 0 bridgehead atoms. The fraction of sp³-hybridized carbons (Fsp3) is 0.417. The Hall–Kier alpha value is -1.62. The molecule has 17 heavy (non-hydrogen) atoms. The molecule has 0 saturated carbocycles. The molecular formula is C12H17FN2O2. The number of halogens is 1. The van der Waals surface area contributed by atoms with E-state index in [4.69, 9.17) is 10.5 Å². The molecular weight excluding hydrogens is 223 g/mol. The van der Waals surface area contributed by atoms with E-state index in [2.05, 4.69) is 0 Å². The number of nitrogens with zero attached hydrogens (tertiary/aromatic N) is 1. The van der Waals surface area contributed by atoms with Gasteiger partial charge in [0, 0.05) is 20.1 Å². The van der Waals surface area contributed by atoms with Crippen LogP contribution in [0.4, 0.5) is 4.39 Å². The van der Waals surface area contributed by atoms with Crippen molar-refractivity contribution < 1.29 is 13.9 Å². The third-order valence-electron chi connectivity index (χ3n) is 2.33. The summed E-state index contributed by atoms with van der Waals surface area (Å²) >= 11 is 0. The summed E-state index contributed by atoms with van der Waals surface area (Å²) in [5.41, 5.74) is 6.32. The van der Waals surface area contributed by atoms with Crippen LogP contribution in [0.5, 0.6) is 5.75 Å². The second-order valence-corrected chi connectivity index (χ2v) is 4.06. The van der Waals surface area contributed by atoms with Crippen molar-refractivity contribution in [3.63, 3.8) is 0 Å². The number of hydrogen-bond acceptors (Lipinski definition) is 3. The van der Waals surface area contributed by atoms with Crippen LogP contribution in [0.15, 0.2) is 18.2 Å². The molecule has 0 heterocycles. The molecule has 1 aromatic carbocycles. The number of carbonyl (C=O) groups is 1. The monoisotopic (exact) mass is 240 g/mol. The smallest absolute Gasteiger partial charge is 0.259 e. The molecule has 1 aromatic rings. The molecule has 1 amide bonds. The highest BCUT2D eigenvalue weighted by Gasteiger charge is 2.10. The van der Waals surface area contributed by atoms with Crippen LogP contribution in [-0.2, 0) is 4.79 Å². The number of nitrogens with two attached hydrogens (primary N) is 1. The maximum Gasteiger partial charge on any atom is 0.259 e. The first-order chi connectivity index (χ1) is 7.91. The van der Waals surface area contributed by atoms with Gasteiger partial charge in [-0.2, -0.15) is 0 Å². The normalized spacial score (nSPS) is 12.1. The lowest BCUT2D eigenvalue weighted by molar-refractivity contribution is -0.130. The largest absolute Gasteiger partial charge is 0.481 e. The molecule has 0 fully saturated rings. The SMILES string of the molecule is C[C@@H](N)c1ccc(OCC(=O)N(C)C)c(F)c1. The van der Waals surface area contributed by atoms with Gasteiger partial charge in [-0.05, 0) is 24.6 Å². The van der Waals surface area contributed by atoms with Gasteiger partial charge in [0.25, 0.3) is 5.91 Å². The second kappa shape index (κ2) is 5.63. The Morgan fingerprint density at radius 3 is 2.65 bits per heavy atom. The lowest BCUT2D eigenvalue weighted by Crippen LogP contribution is -2.27. The van der Waals surface area contributed by atoms with Crippen molar-refractivity contribution in [1.82, 2.24) is 4.90 Å². The van der Waals surface area contributed by atoms with Crippen molar-refractivity contribution in [2.45, 2.75) is 13.0 Å². The van der Waals surface area contributed by atoms with Gasteiger partial charge < -0.3 is 15.4 Å². The molecule has 0 aliphatic carbocycles. The summed E-state index contributed by atoms with van der Waals surface area (Å²) in [6.07, 6.45) is 0. The van der Waals surface area contributed by atoms with E-state index in [9.17, 15) is 9.18 Å². The number of likely N-dealkylation sites (N-methyl/N-ethyl adjacent to an activating group) is 1. The fourth-order valence-electron chi connectivity index (χ4n) is 1.19. The number of carbonyl (C=O) groups excluding carboxylic acids is 1. The van der Waals surface area contributed by atoms with Gasteiger partial charge in [-0.1, -0.05) is 6.07 Å². The van der Waals surface area contributed by atoms with Gasteiger partial charge in [0.2, 0.25) is 0 Å². The maximum atomic E-state index is 13.6. The summed E-state index contributed by atoms with van der Waals surface area (Å²) in [7, 11) is 3.22. The minimum atomic E-state index is -0.508. The van der Waals surface area contributed by atoms with Gasteiger partial charge in [0.1, 0.15) is 0 Å². The zero-order valence-electron chi connectivity index (χ0n) is 10.2. The van der Waals surface area contributed by atoms with Crippen LogP contribution in [0.3, 0.4) is 0 Å². The first-order valence-electron chi connectivity index (χ1n) is 5.29. The quantitative estimate of drug-likeness (QED) is 0.863. The summed E-state index contributed by atoms with van der Waals surface area (Å²) < 4.78 is 18.6. The highest BCUT2D eigenvalue weighted by molar-refractivity contribution is 5.77. The third kappa shape index (κ3) is 3.71. The fourth-order valence-corrected chi connectivity index (χ4v) is 1.19. The topological polar surface area (TPSA) is 55.6 Å². The highest BCUT2D eigenvalue weighted by Crippen LogP contribution is 2.21. The van der Waals surface area contributed by atoms with Crippen LogP contribution in [0.25, 0.3) is 0 Å². The average molecular weight is 240 g/mol. The van der Waals surface area contributed by atoms with Crippen LogP contribution in [0.2, 0.25) is 0 Å². The summed E-state index contributed by atoms with van der Waals surface area (Å²) in [5.74, 6) is -0.670. The molecule has 0 unspecified atom stereocenters. The van der Waals surface area contributed by atoms with Crippen molar-refractivity contribution in [1.29, 1.82) is 0 Å². The van der Waals surface area contributed by atoms with E-state index in [1.165, 1.54) is 17.0 Å². The van der Waals surface area contributed by atoms with E-state index < -0.39 is 5.82 Å². The van der Waals surface area contributed by atoms with E-state index in [1.807, 2.05) is 0 Å². The van der Waals surface area contributed by atoms with Gasteiger partial charge in [0.05, 0.1) is 0 Å².